The first kappa shape index (κ1) is 18.6. The highest BCUT2D eigenvalue weighted by Gasteiger charge is 2.37. The van der Waals surface area contributed by atoms with Gasteiger partial charge in [0.1, 0.15) is 11.4 Å². The van der Waals surface area contributed by atoms with Crippen LogP contribution in [-0.4, -0.2) is 30.1 Å². The summed E-state index contributed by atoms with van der Waals surface area (Å²) in [6, 6.07) is 6.52. The molecule has 0 radical (unpaired) electrons. The molecule has 138 valence electrons. The van der Waals surface area contributed by atoms with E-state index in [1.807, 2.05) is 0 Å². The lowest BCUT2D eigenvalue weighted by molar-refractivity contribution is -0.122. The lowest BCUT2D eigenvalue weighted by Gasteiger charge is -2.26. The zero-order valence-corrected chi connectivity index (χ0v) is 15.4. The molecule has 0 atom stereocenters. The molecule has 1 heterocycles. The van der Waals surface area contributed by atoms with Crippen molar-refractivity contribution in [3.63, 3.8) is 0 Å². The van der Waals surface area contributed by atoms with Crippen LogP contribution in [0.3, 0.4) is 0 Å². The highest BCUT2D eigenvalue weighted by molar-refractivity contribution is 9.10. The number of phenols is 1. The molecule has 1 aliphatic heterocycles. The number of carbonyl (C=O) groups excluding carboxylic acids is 3. The van der Waals surface area contributed by atoms with Gasteiger partial charge in [-0.05, 0) is 48.0 Å². The molecule has 4 amide bonds. The number of rotatable bonds is 3. The number of phenolic OH excluding ortho intramolecular Hbond substituents is 1. The molecular weight excluding hydrogens is 423 g/mol. The number of hydrogen-bond acceptors (Lipinski definition) is 5. The summed E-state index contributed by atoms with van der Waals surface area (Å²) < 4.78 is 18.5. The first-order valence-corrected chi connectivity index (χ1v) is 8.34. The number of halogens is 2. The Kier molecular flexibility index (Phi) is 4.95. The molecule has 2 aromatic carbocycles. The Morgan fingerprint density at radius 1 is 1.19 bits per heavy atom. The molecule has 0 aliphatic carbocycles. The summed E-state index contributed by atoms with van der Waals surface area (Å²) in [4.78, 5) is 37.8. The van der Waals surface area contributed by atoms with Crippen LogP contribution >= 0.6 is 15.9 Å². The van der Waals surface area contributed by atoms with Gasteiger partial charge >= 0.3 is 6.03 Å². The maximum Gasteiger partial charge on any atom is 0.335 e. The minimum atomic E-state index is -0.934. The van der Waals surface area contributed by atoms with Crippen molar-refractivity contribution in [1.82, 2.24) is 5.32 Å². The molecule has 27 heavy (non-hydrogen) atoms. The number of benzene rings is 2. The lowest BCUT2D eigenvalue weighted by atomic mass is 10.1. The topological polar surface area (TPSA) is 95.9 Å². The van der Waals surface area contributed by atoms with Crippen LogP contribution in [0.2, 0.25) is 0 Å². The van der Waals surface area contributed by atoms with Gasteiger partial charge in [-0.15, -0.1) is 0 Å². The number of urea groups is 1. The number of hydrogen-bond donors (Lipinski definition) is 2. The third-order valence-electron chi connectivity index (χ3n) is 3.78. The van der Waals surface area contributed by atoms with Crippen LogP contribution in [-0.2, 0) is 9.59 Å². The number of carbonyl (C=O) groups is 3. The molecule has 0 saturated carbocycles. The van der Waals surface area contributed by atoms with Crippen LogP contribution in [0.25, 0.3) is 6.08 Å². The fourth-order valence-electron chi connectivity index (χ4n) is 2.47. The van der Waals surface area contributed by atoms with Crippen molar-refractivity contribution in [2.45, 2.75) is 0 Å². The summed E-state index contributed by atoms with van der Waals surface area (Å²) >= 11 is 3.23. The van der Waals surface area contributed by atoms with E-state index >= 15 is 0 Å². The fourth-order valence-corrected chi connectivity index (χ4v) is 2.92. The Balaban J connectivity index is 2.06. The van der Waals surface area contributed by atoms with E-state index < -0.39 is 23.7 Å². The van der Waals surface area contributed by atoms with E-state index in [0.29, 0.717) is 10.0 Å². The van der Waals surface area contributed by atoms with Crippen LogP contribution in [0.15, 0.2) is 46.4 Å². The summed E-state index contributed by atoms with van der Waals surface area (Å²) in [5.41, 5.74) is 0.170. The number of barbiturate groups is 1. The van der Waals surface area contributed by atoms with Crippen molar-refractivity contribution < 1.29 is 28.6 Å². The van der Waals surface area contributed by atoms with Gasteiger partial charge in [-0.1, -0.05) is 15.9 Å². The number of anilines is 1. The van der Waals surface area contributed by atoms with Gasteiger partial charge in [0, 0.05) is 4.47 Å². The quantitative estimate of drug-likeness (QED) is 0.571. The van der Waals surface area contributed by atoms with Gasteiger partial charge in [0.25, 0.3) is 11.8 Å². The number of ether oxygens (including phenoxy) is 1. The second-order valence-corrected chi connectivity index (χ2v) is 6.33. The minimum Gasteiger partial charge on any atom is -0.504 e. The second kappa shape index (κ2) is 7.20. The van der Waals surface area contributed by atoms with E-state index in [1.165, 1.54) is 37.5 Å². The zero-order chi connectivity index (χ0) is 19.7. The number of amides is 4. The first-order chi connectivity index (χ1) is 12.8. The van der Waals surface area contributed by atoms with Crippen molar-refractivity contribution in [3.05, 3.63) is 57.8 Å². The molecule has 0 unspecified atom stereocenters. The smallest absolute Gasteiger partial charge is 0.335 e. The third-order valence-corrected chi connectivity index (χ3v) is 4.47. The molecule has 2 N–H and O–H groups in total. The molecule has 1 saturated heterocycles. The van der Waals surface area contributed by atoms with Crippen LogP contribution < -0.4 is 15.0 Å². The van der Waals surface area contributed by atoms with Gasteiger partial charge in [-0.25, -0.2) is 14.1 Å². The maximum absolute atomic E-state index is 13.1. The standard InChI is InChI=1S/C18H12BrFN2O5/c1-27-15-7-9(13(19)8-14(15)23)6-12-16(24)21-18(26)22(17(12)25)11-4-2-10(20)3-5-11/h2-8,23H,1H3,(H,21,24,26)/b12-6+. The molecule has 1 fully saturated rings. The molecule has 0 spiro atoms. The van der Waals surface area contributed by atoms with E-state index in [1.54, 1.807) is 0 Å². The zero-order valence-electron chi connectivity index (χ0n) is 13.8. The third kappa shape index (κ3) is 3.54. The van der Waals surface area contributed by atoms with Crippen LogP contribution in [0, 0.1) is 5.82 Å². The second-order valence-electron chi connectivity index (χ2n) is 5.48. The van der Waals surface area contributed by atoms with Gasteiger partial charge in [0.05, 0.1) is 12.8 Å². The van der Waals surface area contributed by atoms with Crippen LogP contribution in [0.4, 0.5) is 14.9 Å². The van der Waals surface area contributed by atoms with Crippen molar-refractivity contribution in [3.8, 4) is 11.5 Å². The predicted molar refractivity (Wildman–Crippen MR) is 97.8 cm³/mol. The highest BCUT2D eigenvalue weighted by Crippen LogP contribution is 2.34. The Morgan fingerprint density at radius 2 is 1.85 bits per heavy atom. The number of nitrogens with zero attached hydrogens (tertiary/aromatic N) is 1. The van der Waals surface area contributed by atoms with Gasteiger partial charge < -0.3 is 9.84 Å². The molecule has 1 aliphatic rings. The average molecular weight is 435 g/mol. The van der Waals surface area contributed by atoms with E-state index in [2.05, 4.69) is 21.2 Å². The molecular formula is C18H12BrFN2O5. The monoisotopic (exact) mass is 434 g/mol. The van der Waals surface area contributed by atoms with Gasteiger partial charge in [-0.3, -0.25) is 14.9 Å². The largest absolute Gasteiger partial charge is 0.504 e. The minimum absolute atomic E-state index is 0.111. The number of aromatic hydroxyl groups is 1. The Morgan fingerprint density at radius 3 is 2.48 bits per heavy atom. The summed E-state index contributed by atoms with van der Waals surface area (Å²) in [5.74, 6) is -2.26. The van der Waals surface area contributed by atoms with Gasteiger partial charge in [0.15, 0.2) is 11.5 Å². The summed E-state index contributed by atoms with van der Waals surface area (Å²) in [6.45, 7) is 0. The normalized spacial score (nSPS) is 15.9. The highest BCUT2D eigenvalue weighted by atomic mass is 79.9. The number of imide groups is 2. The molecule has 7 nitrogen and oxygen atoms in total. The van der Waals surface area contributed by atoms with Crippen molar-refractivity contribution in [2.24, 2.45) is 0 Å². The van der Waals surface area contributed by atoms with E-state index in [4.69, 9.17) is 4.74 Å². The van der Waals surface area contributed by atoms with E-state index in [-0.39, 0.29) is 22.8 Å². The van der Waals surface area contributed by atoms with Crippen molar-refractivity contribution >= 4 is 45.5 Å². The fraction of sp³-hybridized carbons (Fsp3) is 0.0556. The molecule has 2 aromatic rings. The van der Waals surface area contributed by atoms with E-state index in [9.17, 15) is 23.9 Å². The maximum atomic E-state index is 13.1. The van der Waals surface area contributed by atoms with Crippen molar-refractivity contribution in [2.75, 3.05) is 12.0 Å². The van der Waals surface area contributed by atoms with Crippen LogP contribution in [0.5, 0.6) is 11.5 Å². The first-order valence-electron chi connectivity index (χ1n) is 7.55. The Bertz CT molecular complexity index is 988. The summed E-state index contributed by atoms with van der Waals surface area (Å²) in [5, 5.41) is 11.8. The predicted octanol–water partition coefficient (Wildman–Crippen LogP) is 2.97. The molecule has 0 aromatic heterocycles. The molecule has 9 heteroatoms. The number of methoxy groups -OCH3 is 1. The number of nitrogens with one attached hydrogen (secondary N) is 1. The van der Waals surface area contributed by atoms with Gasteiger partial charge in [-0.2, -0.15) is 0 Å². The SMILES string of the molecule is COc1cc(/C=C2\C(=O)NC(=O)N(c3ccc(F)cc3)C2=O)c(Br)cc1O. The average Bonchev–Trinajstić information content (AvgIpc) is 2.61. The Hall–Kier alpha value is -3.20. The summed E-state index contributed by atoms with van der Waals surface area (Å²) in [6.07, 6.45) is 1.26. The summed E-state index contributed by atoms with van der Waals surface area (Å²) in [7, 11) is 1.35. The Labute approximate surface area is 161 Å². The van der Waals surface area contributed by atoms with Crippen LogP contribution in [0.1, 0.15) is 5.56 Å². The van der Waals surface area contributed by atoms with Gasteiger partial charge in [0.2, 0.25) is 0 Å². The lowest BCUT2D eigenvalue weighted by Crippen LogP contribution is -2.54. The van der Waals surface area contributed by atoms with Crippen molar-refractivity contribution in [1.29, 1.82) is 0 Å². The van der Waals surface area contributed by atoms with E-state index in [0.717, 1.165) is 17.0 Å². The molecule has 0 bridgehead atoms. The molecule has 3 rings (SSSR count).